The van der Waals surface area contributed by atoms with Gasteiger partial charge in [0.25, 0.3) is 0 Å². The molecule has 6 nitrogen and oxygen atoms in total. The molecule has 0 unspecified atom stereocenters. The predicted octanol–water partition coefficient (Wildman–Crippen LogP) is 0.848. The number of piperidine rings is 1. The number of halogens is 1. The standard InChI is InChI=1S/C11H15FN4O2/c12-7-3-8(15-11(17)18)6-16(5-7)10-1-2-14-4-9(10)13/h1-2,4,7-8,15H,3,5-6,13H2,(H,17,18)/t7-,8-/m1/s1. The van der Waals surface area contributed by atoms with E-state index in [1.54, 1.807) is 17.2 Å². The Morgan fingerprint density at radius 3 is 3.06 bits per heavy atom. The van der Waals surface area contributed by atoms with Crippen LogP contribution < -0.4 is 16.0 Å². The van der Waals surface area contributed by atoms with E-state index in [0.717, 1.165) is 0 Å². The average Bonchev–Trinajstić information content (AvgIpc) is 2.27. The van der Waals surface area contributed by atoms with Crippen molar-refractivity contribution in [3.05, 3.63) is 18.5 Å². The lowest BCUT2D eigenvalue weighted by molar-refractivity contribution is 0.181. The minimum atomic E-state index is -1.14. The Labute approximate surface area is 104 Å². The summed E-state index contributed by atoms with van der Waals surface area (Å²) in [5.41, 5.74) is 6.92. The molecule has 2 heterocycles. The van der Waals surface area contributed by atoms with Crippen LogP contribution in [0.1, 0.15) is 6.42 Å². The zero-order chi connectivity index (χ0) is 13.1. The summed E-state index contributed by atoms with van der Waals surface area (Å²) in [5, 5.41) is 11.0. The summed E-state index contributed by atoms with van der Waals surface area (Å²) < 4.78 is 13.6. The summed E-state index contributed by atoms with van der Waals surface area (Å²) in [7, 11) is 0. The third kappa shape index (κ3) is 2.79. The van der Waals surface area contributed by atoms with E-state index in [1.165, 1.54) is 6.20 Å². The third-order valence-electron chi connectivity index (χ3n) is 2.90. The molecule has 2 atom stereocenters. The number of aromatic nitrogens is 1. The second-order valence-electron chi connectivity index (χ2n) is 4.32. The number of nitrogens with two attached hydrogens (primary N) is 1. The number of alkyl halides is 1. The van der Waals surface area contributed by atoms with Gasteiger partial charge in [-0.1, -0.05) is 0 Å². The van der Waals surface area contributed by atoms with E-state index in [1.807, 2.05) is 0 Å². The first kappa shape index (κ1) is 12.4. The summed E-state index contributed by atoms with van der Waals surface area (Å²) in [4.78, 5) is 16.2. The van der Waals surface area contributed by atoms with Crippen LogP contribution in [0.25, 0.3) is 0 Å². The number of nitrogen functional groups attached to an aromatic ring is 1. The molecule has 0 aromatic carbocycles. The quantitative estimate of drug-likeness (QED) is 0.727. The highest BCUT2D eigenvalue weighted by atomic mass is 19.1. The monoisotopic (exact) mass is 254 g/mol. The maximum atomic E-state index is 13.6. The highest BCUT2D eigenvalue weighted by Crippen LogP contribution is 2.26. The van der Waals surface area contributed by atoms with Gasteiger partial charge in [-0.3, -0.25) is 4.98 Å². The van der Waals surface area contributed by atoms with Gasteiger partial charge < -0.3 is 21.1 Å². The lowest BCUT2D eigenvalue weighted by Gasteiger charge is -2.36. The molecule has 2 rings (SSSR count). The van der Waals surface area contributed by atoms with Gasteiger partial charge in [-0.2, -0.15) is 0 Å². The number of carbonyl (C=O) groups is 1. The molecular formula is C11H15FN4O2. The van der Waals surface area contributed by atoms with Crippen molar-refractivity contribution in [2.24, 2.45) is 0 Å². The number of nitrogens with zero attached hydrogens (tertiary/aromatic N) is 2. The van der Waals surface area contributed by atoms with Crippen molar-refractivity contribution in [3.8, 4) is 0 Å². The molecule has 7 heteroatoms. The number of hydrogen-bond donors (Lipinski definition) is 3. The van der Waals surface area contributed by atoms with Gasteiger partial charge in [0.1, 0.15) is 6.17 Å². The van der Waals surface area contributed by atoms with E-state index in [9.17, 15) is 9.18 Å². The zero-order valence-electron chi connectivity index (χ0n) is 9.71. The fraction of sp³-hybridized carbons (Fsp3) is 0.455. The molecule has 1 amide bonds. The molecule has 0 saturated carbocycles. The first-order valence-corrected chi connectivity index (χ1v) is 5.64. The fourth-order valence-corrected chi connectivity index (χ4v) is 2.20. The minimum absolute atomic E-state index is 0.188. The number of anilines is 2. The molecule has 1 fully saturated rings. The summed E-state index contributed by atoms with van der Waals surface area (Å²) in [6.45, 7) is 0.618. The normalized spacial score (nSPS) is 23.7. The number of nitrogens with one attached hydrogen (secondary N) is 1. The first-order valence-electron chi connectivity index (χ1n) is 5.64. The summed E-state index contributed by atoms with van der Waals surface area (Å²) >= 11 is 0. The summed E-state index contributed by atoms with van der Waals surface area (Å²) in [5.74, 6) is 0. The van der Waals surface area contributed by atoms with Crippen LogP contribution in [0.3, 0.4) is 0 Å². The van der Waals surface area contributed by atoms with Gasteiger partial charge in [-0.25, -0.2) is 9.18 Å². The SMILES string of the molecule is Nc1cnccc1N1C[C@H](F)C[C@@H](NC(=O)O)C1. The molecule has 0 bridgehead atoms. The number of rotatable bonds is 2. The van der Waals surface area contributed by atoms with E-state index in [0.29, 0.717) is 17.9 Å². The van der Waals surface area contributed by atoms with E-state index in [-0.39, 0.29) is 13.0 Å². The largest absolute Gasteiger partial charge is 0.465 e. The van der Waals surface area contributed by atoms with Gasteiger partial charge in [0.2, 0.25) is 0 Å². The second-order valence-corrected chi connectivity index (χ2v) is 4.32. The molecule has 1 aliphatic rings. The Morgan fingerprint density at radius 1 is 1.61 bits per heavy atom. The van der Waals surface area contributed by atoms with Crippen molar-refractivity contribution >= 4 is 17.5 Å². The summed E-state index contributed by atoms with van der Waals surface area (Å²) in [6.07, 6.45) is 1.04. The van der Waals surface area contributed by atoms with E-state index in [4.69, 9.17) is 10.8 Å². The molecule has 1 saturated heterocycles. The van der Waals surface area contributed by atoms with Gasteiger partial charge in [-0.15, -0.1) is 0 Å². The van der Waals surface area contributed by atoms with Crippen LogP contribution in [0.4, 0.5) is 20.6 Å². The van der Waals surface area contributed by atoms with E-state index < -0.39 is 18.3 Å². The van der Waals surface area contributed by atoms with Crippen molar-refractivity contribution in [2.45, 2.75) is 18.6 Å². The van der Waals surface area contributed by atoms with Crippen molar-refractivity contribution in [1.82, 2.24) is 10.3 Å². The van der Waals surface area contributed by atoms with Gasteiger partial charge in [0.05, 0.1) is 23.6 Å². The zero-order valence-corrected chi connectivity index (χ0v) is 9.71. The molecule has 1 aliphatic heterocycles. The first-order chi connectivity index (χ1) is 8.56. The smallest absolute Gasteiger partial charge is 0.404 e. The number of hydrogen-bond acceptors (Lipinski definition) is 4. The summed E-state index contributed by atoms with van der Waals surface area (Å²) in [6, 6.07) is 1.27. The third-order valence-corrected chi connectivity index (χ3v) is 2.90. The fourth-order valence-electron chi connectivity index (χ4n) is 2.20. The van der Waals surface area contributed by atoms with Crippen molar-refractivity contribution in [3.63, 3.8) is 0 Å². The lowest BCUT2D eigenvalue weighted by Crippen LogP contribution is -2.51. The van der Waals surface area contributed by atoms with E-state index >= 15 is 0 Å². The number of amides is 1. The lowest BCUT2D eigenvalue weighted by atomic mass is 10.0. The van der Waals surface area contributed by atoms with Gasteiger partial charge >= 0.3 is 6.09 Å². The molecule has 1 aromatic rings. The van der Waals surface area contributed by atoms with Crippen molar-refractivity contribution in [1.29, 1.82) is 0 Å². The molecule has 0 spiro atoms. The van der Waals surface area contributed by atoms with Crippen LogP contribution in [0.15, 0.2) is 18.5 Å². The van der Waals surface area contributed by atoms with Gasteiger partial charge in [-0.05, 0) is 6.07 Å². The number of pyridine rings is 1. The van der Waals surface area contributed by atoms with Crippen LogP contribution in [0.5, 0.6) is 0 Å². The molecule has 18 heavy (non-hydrogen) atoms. The Bertz CT molecular complexity index is 443. The van der Waals surface area contributed by atoms with Gasteiger partial charge in [0.15, 0.2) is 0 Å². The number of carboxylic acid groups (broad SMARTS) is 1. The highest BCUT2D eigenvalue weighted by Gasteiger charge is 2.29. The molecule has 0 aliphatic carbocycles. The Balaban J connectivity index is 2.13. The van der Waals surface area contributed by atoms with Crippen molar-refractivity contribution in [2.75, 3.05) is 23.7 Å². The topological polar surface area (TPSA) is 91.5 Å². The second kappa shape index (κ2) is 5.07. The Morgan fingerprint density at radius 2 is 2.39 bits per heavy atom. The van der Waals surface area contributed by atoms with Crippen LogP contribution >= 0.6 is 0 Å². The van der Waals surface area contributed by atoms with Crippen LogP contribution in [-0.2, 0) is 0 Å². The predicted molar refractivity (Wildman–Crippen MR) is 65.3 cm³/mol. The van der Waals surface area contributed by atoms with Crippen LogP contribution in [0.2, 0.25) is 0 Å². The average molecular weight is 254 g/mol. The van der Waals surface area contributed by atoms with Crippen LogP contribution in [-0.4, -0.2) is 41.5 Å². The highest BCUT2D eigenvalue weighted by molar-refractivity contribution is 5.67. The van der Waals surface area contributed by atoms with E-state index in [2.05, 4.69) is 10.3 Å². The molecule has 98 valence electrons. The maximum absolute atomic E-state index is 13.6. The molecule has 4 N–H and O–H groups in total. The van der Waals surface area contributed by atoms with Gasteiger partial charge in [0, 0.05) is 25.7 Å². The Kier molecular flexibility index (Phi) is 3.50. The molecular weight excluding hydrogens is 239 g/mol. The van der Waals surface area contributed by atoms with Crippen molar-refractivity contribution < 1.29 is 14.3 Å². The minimum Gasteiger partial charge on any atom is -0.465 e. The molecule has 1 aromatic heterocycles. The molecule has 0 radical (unpaired) electrons. The Hall–Kier alpha value is -2.05. The van der Waals surface area contributed by atoms with Crippen LogP contribution in [0, 0.1) is 0 Å². The maximum Gasteiger partial charge on any atom is 0.404 e.